The van der Waals surface area contributed by atoms with Crippen LogP contribution in [0.1, 0.15) is 24.0 Å². The molecule has 0 radical (unpaired) electrons. The van der Waals surface area contributed by atoms with Gasteiger partial charge in [0.25, 0.3) is 0 Å². The zero-order chi connectivity index (χ0) is 10.3. The van der Waals surface area contributed by atoms with Gasteiger partial charge in [-0.05, 0) is 59.0 Å². The van der Waals surface area contributed by atoms with Gasteiger partial charge in [-0.15, -0.1) is 0 Å². The molecule has 2 rings (SSSR count). The highest BCUT2D eigenvalue weighted by atomic mass is 79.9. The van der Waals surface area contributed by atoms with Crippen LogP contribution >= 0.6 is 27.5 Å². The van der Waals surface area contributed by atoms with Crippen LogP contribution < -0.4 is 0 Å². The Labute approximate surface area is 96.8 Å². The molecule has 0 unspecified atom stereocenters. The summed E-state index contributed by atoms with van der Waals surface area (Å²) in [5.74, 6) is 0. The average molecular weight is 271 g/mol. The Morgan fingerprint density at radius 1 is 1.50 bits per heavy atom. The second-order valence-electron chi connectivity index (χ2n) is 3.78. The second-order valence-corrected chi connectivity index (χ2v) is 5.04. The molecular formula is C11H9BrClN. The first-order chi connectivity index (χ1) is 6.59. The van der Waals surface area contributed by atoms with Crippen LogP contribution in [0.2, 0.25) is 5.02 Å². The molecule has 0 amide bonds. The fourth-order valence-corrected chi connectivity index (χ4v) is 2.29. The molecule has 1 aliphatic carbocycles. The van der Waals surface area contributed by atoms with Crippen LogP contribution in [0.5, 0.6) is 0 Å². The van der Waals surface area contributed by atoms with Gasteiger partial charge in [-0.1, -0.05) is 11.6 Å². The quantitative estimate of drug-likeness (QED) is 0.757. The topological polar surface area (TPSA) is 23.8 Å². The highest BCUT2D eigenvalue weighted by Gasteiger charge is 2.45. The molecule has 1 aromatic rings. The lowest BCUT2D eigenvalue weighted by atomic mass is 9.93. The van der Waals surface area contributed by atoms with E-state index in [2.05, 4.69) is 22.0 Å². The molecule has 0 spiro atoms. The lowest BCUT2D eigenvalue weighted by Crippen LogP contribution is -2.05. The van der Waals surface area contributed by atoms with Gasteiger partial charge in [0.1, 0.15) is 0 Å². The van der Waals surface area contributed by atoms with Gasteiger partial charge in [0, 0.05) is 4.47 Å². The minimum atomic E-state index is -0.225. The number of nitrogens with zero attached hydrogens (tertiary/aromatic N) is 1. The molecule has 1 aliphatic rings. The Kier molecular flexibility index (Phi) is 2.33. The molecule has 72 valence electrons. The van der Waals surface area contributed by atoms with E-state index < -0.39 is 0 Å². The molecular weight excluding hydrogens is 261 g/mol. The summed E-state index contributed by atoms with van der Waals surface area (Å²) in [6.45, 7) is 2.01. The van der Waals surface area contributed by atoms with Crippen molar-refractivity contribution < 1.29 is 0 Å². The van der Waals surface area contributed by atoms with Crippen LogP contribution in [-0.4, -0.2) is 0 Å². The smallest absolute Gasteiger partial charge is 0.0826 e. The molecule has 1 fully saturated rings. The first-order valence-corrected chi connectivity index (χ1v) is 5.63. The van der Waals surface area contributed by atoms with E-state index in [1.54, 1.807) is 0 Å². The Hall–Kier alpha value is -0.520. The molecule has 0 aliphatic heterocycles. The van der Waals surface area contributed by atoms with Crippen molar-refractivity contribution in [3.63, 3.8) is 0 Å². The third kappa shape index (κ3) is 1.45. The first-order valence-electron chi connectivity index (χ1n) is 4.46. The van der Waals surface area contributed by atoms with Crippen molar-refractivity contribution in [2.24, 2.45) is 0 Å². The zero-order valence-corrected chi connectivity index (χ0v) is 10.1. The predicted octanol–water partition coefficient (Wildman–Crippen LogP) is 3.97. The molecule has 14 heavy (non-hydrogen) atoms. The predicted molar refractivity (Wildman–Crippen MR) is 60.4 cm³/mol. The summed E-state index contributed by atoms with van der Waals surface area (Å²) < 4.78 is 0.876. The molecule has 0 heterocycles. The molecule has 3 heteroatoms. The van der Waals surface area contributed by atoms with Gasteiger partial charge >= 0.3 is 0 Å². The molecule has 0 saturated heterocycles. The van der Waals surface area contributed by atoms with Crippen molar-refractivity contribution in [1.29, 1.82) is 5.26 Å². The summed E-state index contributed by atoms with van der Waals surface area (Å²) in [5.41, 5.74) is 2.01. The van der Waals surface area contributed by atoms with E-state index in [0.29, 0.717) is 5.02 Å². The number of hydrogen-bond donors (Lipinski definition) is 0. The Morgan fingerprint density at radius 3 is 2.64 bits per heavy atom. The molecule has 1 aromatic carbocycles. The van der Waals surface area contributed by atoms with Crippen molar-refractivity contribution in [3.05, 3.63) is 32.8 Å². The minimum absolute atomic E-state index is 0.225. The molecule has 0 bridgehead atoms. The van der Waals surface area contributed by atoms with Crippen LogP contribution in [0, 0.1) is 18.3 Å². The van der Waals surface area contributed by atoms with Gasteiger partial charge in [0.2, 0.25) is 0 Å². The minimum Gasteiger partial charge on any atom is -0.197 e. The van der Waals surface area contributed by atoms with Crippen molar-refractivity contribution >= 4 is 27.5 Å². The lowest BCUT2D eigenvalue weighted by molar-refractivity contribution is 0.894. The van der Waals surface area contributed by atoms with Gasteiger partial charge in [0.05, 0.1) is 16.5 Å². The number of nitriles is 1. The third-order valence-electron chi connectivity index (χ3n) is 2.75. The van der Waals surface area contributed by atoms with Gasteiger partial charge < -0.3 is 0 Å². The highest BCUT2D eigenvalue weighted by Crippen LogP contribution is 2.49. The van der Waals surface area contributed by atoms with Crippen molar-refractivity contribution in [3.8, 4) is 6.07 Å². The average Bonchev–Trinajstić information content (AvgIpc) is 2.92. The van der Waals surface area contributed by atoms with Gasteiger partial charge in [-0.25, -0.2) is 0 Å². The maximum absolute atomic E-state index is 9.10. The van der Waals surface area contributed by atoms with E-state index in [0.717, 1.165) is 28.4 Å². The number of aryl methyl sites for hydroxylation is 1. The van der Waals surface area contributed by atoms with E-state index >= 15 is 0 Å². The third-order valence-corrected chi connectivity index (χ3v) is 3.94. The van der Waals surface area contributed by atoms with E-state index in [1.807, 2.05) is 19.1 Å². The lowest BCUT2D eigenvalue weighted by Gasteiger charge is -2.11. The van der Waals surface area contributed by atoms with E-state index in [9.17, 15) is 0 Å². The molecule has 0 atom stereocenters. The number of halogens is 2. The zero-order valence-electron chi connectivity index (χ0n) is 7.77. The molecule has 1 nitrogen and oxygen atoms in total. The molecule has 0 N–H and O–H groups in total. The van der Waals surface area contributed by atoms with Crippen LogP contribution in [0.4, 0.5) is 0 Å². The van der Waals surface area contributed by atoms with Crippen LogP contribution in [-0.2, 0) is 5.41 Å². The summed E-state index contributed by atoms with van der Waals surface area (Å²) in [7, 11) is 0. The van der Waals surface area contributed by atoms with Crippen molar-refractivity contribution in [2.45, 2.75) is 25.2 Å². The Bertz CT molecular complexity index is 430. The Balaban J connectivity index is 2.55. The Morgan fingerprint density at radius 2 is 2.14 bits per heavy atom. The summed E-state index contributed by atoms with van der Waals surface area (Å²) in [5, 5.41) is 9.80. The first kappa shape index (κ1) is 10.0. The summed E-state index contributed by atoms with van der Waals surface area (Å²) >= 11 is 9.36. The molecule has 1 saturated carbocycles. The number of rotatable bonds is 1. The van der Waals surface area contributed by atoms with Gasteiger partial charge in [-0.2, -0.15) is 5.26 Å². The normalized spacial score (nSPS) is 17.6. The number of benzene rings is 1. The van der Waals surface area contributed by atoms with Gasteiger partial charge in [-0.3, -0.25) is 0 Å². The summed E-state index contributed by atoms with van der Waals surface area (Å²) in [6.07, 6.45) is 1.94. The fraction of sp³-hybridized carbons (Fsp3) is 0.364. The summed E-state index contributed by atoms with van der Waals surface area (Å²) in [4.78, 5) is 0. The van der Waals surface area contributed by atoms with Crippen molar-refractivity contribution in [1.82, 2.24) is 0 Å². The van der Waals surface area contributed by atoms with Crippen LogP contribution in [0.25, 0.3) is 0 Å². The van der Waals surface area contributed by atoms with Gasteiger partial charge in [0.15, 0.2) is 0 Å². The van der Waals surface area contributed by atoms with E-state index in [-0.39, 0.29) is 5.41 Å². The number of hydrogen-bond acceptors (Lipinski definition) is 1. The van der Waals surface area contributed by atoms with Crippen molar-refractivity contribution in [2.75, 3.05) is 0 Å². The van der Waals surface area contributed by atoms with E-state index in [4.69, 9.17) is 16.9 Å². The SMILES string of the molecule is Cc1cc(Cl)c(Br)cc1C1(C#N)CC1. The monoisotopic (exact) mass is 269 g/mol. The second kappa shape index (κ2) is 3.25. The van der Waals surface area contributed by atoms with E-state index in [1.165, 1.54) is 0 Å². The standard InChI is InChI=1S/C11H9BrClN/c1-7-4-10(13)9(12)5-8(7)11(6-14)2-3-11/h4-5H,2-3H2,1H3. The highest BCUT2D eigenvalue weighted by molar-refractivity contribution is 9.10. The maximum Gasteiger partial charge on any atom is 0.0826 e. The maximum atomic E-state index is 9.10. The summed E-state index contributed by atoms with van der Waals surface area (Å²) in [6, 6.07) is 6.29. The largest absolute Gasteiger partial charge is 0.197 e. The van der Waals surface area contributed by atoms with Crippen LogP contribution in [0.15, 0.2) is 16.6 Å². The molecule has 0 aromatic heterocycles. The van der Waals surface area contributed by atoms with Crippen LogP contribution in [0.3, 0.4) is 0 Å². The fourth-order valence-electron chi connectivity index (χ4n) is 1.73.